The number of benzene rings is 1. The van der Waals surface area contributed by atoms with Crippen molar-refractivity contribution in [1.82, 2.24) is 20.5 Å². The topological polar surface area (TPSA) is 141 Å². The van der Waals surface area contributed by atoms with Crippen LogP contribution in [0.2, 0.25) is 0 Å². The second kappa shape index (κ2) is 18.5. The predicted molar refractivity (Wildman–Crippen MR) is 172 cm³/mol. The minimum Gasteiger partial charge on any atom is -0.629 e. The number of likely N-dealkylation sites (tertiary alicyclic amines) is 1. The number of nitrogens with two attached hydrogens (primary N) is 1. The number of hydrogen-bond donors (Lipinski definition) is 3. The molecule has 1 aliphatic carbocycles. The smallest absolute Gasteiger partial charge is 0.243 e. The molecule has 2 atom stereocenters. The molecule has 2 heterocycles. The number of carbonyl (C=O) groups is 3. The molecule has 4 rings (SSSR count). The SMILES string of the molecule is CNC(C(=O)N1CCCC1C(=O)NCc1ccc(-c2scnc2C)cc1OC[N-]CCCCN)C(C)(C)C.O=CC1(F)CC1.[Y]. The number of halogens is 1. The molecule has 2 fully saturated rings. The molecule has 247 valence electrons. The van der Waals surface area contributed by atoms with E-state index in [1.165, 1.54) is 0 Å². The van der Waals surface area contributed by atoms with E-state index >= 15 is 0 Å². The number of rotatable bonds is 14. The molecule has 4 N–H and O–H groups in total. The quantitative estimate of drug-likeness (QED) is 0.193. The maximum absolute atomic E-state index is 13.3. The number of unbranched alkanes of at least 4 members (excludes halogenated alkanes) is 1. The summed E-state index contributed by atoms with van der Waals surface area (Å²) in [5.74, 6) is 0.516. The minimum atomic E-state index is -1.39. The second-order valence-electron chi connectivity index (χ2n) is 12.5. The molecule has 1 saturated heterocycles. The summed E-state index contributed by atoms with van der Waals surface area (Å²) in [5.41, 5.74) is 8.60. The van der Waals surface area contributed by atoms with E-state index in [2.05, 4.69) is 20.9 Å². The van der Waals surface area contributed by atoms with E-state index in [1.807, 2.05) is 51.4 Å². The first-order chi connectivity index (χ1) is 20.9. The van der Waals surface area contributed by atoms with Gasteiger partial charge in [0.1, 0.15) is 11.8 Å². The first-order valence-corrected chi connectivity index (χ1v) is 16.2. The Labute approximate surface area is 296 Å². The van der Waals surface area contributed by atoms with Gasteiger partial charge in [0.2, 0.25) is 11.8 Å². The summed E-state index contributed by atoms with van der Waals surface area (Å²) in [7, 11) is 1.79. The number of nitrogens with zero attached hydrogens (tertiary/aromatic N) is 3. The second-order valence-corrected chi connectivity index (χ2v) is 13.3. The zero-order valence-corrected chi connectivity index (χ0v) is 30.9. The van der Waals surface area contributed by atoms with Crippen molar-refractivity contribution in [3.8, 4) is 16.2 Å². The van der Waals surface area contributed by atoms with Crippen LogP contribution in [0.4, 0.5) is 4.39 Å². The molecule has 1 aromatic carbocycles. The van der Waals surface area contributed by atoms with Crippen molar-refractivity contribution < 1.29 is 56.2 Å². The number of alkyl halides is 1. The summed E-state index contributed by atoms with van der Waals surface area (Å²) in [5, 5.41) is 10.7. The van der Waals surface area contributed by atoms with E-state index in [-0.39, 0.29) is 62.7 Å². The van der Waals surface area contributed by atoms with Crippen molar-refractivity contribution in [2.45, 2.75) is 90.5 Å². The summed E-state index contributed by atoms with van der Waals surface area (Å²) < 4.78 is 17.9. The molecule has 2 aliphatic rings. The van der Waals surface area contributed by atoms with Crippen LogP contribution in [0, 0.1) is 12.3 Å². The Hall–Kier alpha value is -1.83. The number of aromatic nitrogens is 1. The Kier molecular flexibility index (Phi) is 16.2. The molecule has 13 heteroatoms. The van der Waals surface area contributed by atoms with E-state index in [4.69, 9.17) is 10.5 Å². The van der Waals surface area contributed by atoms with Gasteiger partial charge in [0.15, 0.2) is 12.0 Å². The molecular weight excluding hydrogens is 672 g/mol. The summed E-state index contributed by atoms with van der Waals surface area (Å²) >= 11 is 1.58. The zero-order valence-electron chi connectivity index (χ0n) is 27.2. The van der Waals surface area contributed by atoms with Gasteiger partial charge in [-0.1, -0.05) is 39.3 Å². The number of ether oxygens (including phenoxy) is 1. The van der Waals surface area contributed by atoms with E-state index in [0.717, 1.165) is 41.0 Å². The molecule has 2 unspecified atom stereocenters. The first-order valence-electron chi connectivity index (χ1n) is 15.3. The Morgan fingerprint density at radius 3 is 2.60 bits per heavy atom. The standard InChI is InChI=1S/C28H43N6O3S.C4H5FO.Y/c1-19-24(38-18-33-19)20-10-11-21(23(15-20)37-17-31-13-7-6-12-29)16-32-26(35)22-9-8-14-34(22)27(36)25(30-5)28(2,3)4;5-4(3-6)1-2-4;/h10-11,15,18,22,25,30H,6-9,12-14,16-17,29H2,1-5H3,(H,32,35);3H,1-2H2;/q-1;;. The number of carbonyl (C=O) groups excluding carboxylic acids is 3. The number of nitrogens with one attached hydrogen (secondary N) is 2. The van der Waals surface area contributed by atoms with Crippen molar-refractivity contribution in [1.29, 1.82) is 0 Å². The summed E-state index contributed by atoms with van der Waals surface area (Å²) in [6.45, 7) is 10.6. The molecule has 2 amide bonds. The largest absolute Gasteiger partial charge is 0.629 e. The Morgan fingerprint density at radius 2 is 2.04 bits per heavy atom. The number of amides is 2. The number of aldehydes is 1. The number of thiazole rings is 1. The zero-order chi connectivity index (χ0) is 32.3. The molecule has 1 saturated carbocycles. The van der Waals surface area contributed by atoms with E-state index in [9.17, 15) is 18.8 Å². The van der Waals surface area contributed by atoms with Gasteiger partial charge in [-0.15, -0.1) is 17.9 Å². The molecule has 1 aromatic heterocycles. The summed E-state index contributed by atoms with van der Waals surface area (Å²) in [6.07, 6.45) is 4.61. The third-order valence-corrected chi connectivity index (χ3v) is 8.77. The molecule has 2 aromatic rings. The van der Waals surface area contributed by atoms with Crippen LogP contribution in [-0.4, -0.2) is 79.1 Å². The molecule has 45 heavy (non-hydrogen) atoms. The van der Waals surface area contributed by atoms with E-state index < -0.39 is 11.7 Å². The van der Waals surface area contributed by atoms with Gasteiger partial charge in [0.25, 0.3) is 0 Å². The van der Waals surface area contributed by atoms with E-state index in [0.29, 0.717) is 57.5 Å². The van der Waals surface area contributed by atoms with Crippen molar-refractivity contribution in [3.63, 3.8) is 0 Å². The van der Waals surface area contributed by atoms with Crippen LogP contribution in [0.3, 0.4) is 0 Å². The third kappa shape index (κ3) is 11.7. The monoisotopic (exact) mass is 720 g/mol. The molecule has 0 bridgehead atoms. The average Bonchev–Trinajstić information content (AvgIpc) is 3.33. The van der Waals surface area contributed by atoms with Gasteiger partial charge >= 0.3 is 0 Å². The molecule has 1 aliphatic heterocycles. The van der Waals surface area contributed by atoms with Crippen LogP contribution in [0.1, 0.15) is 70.6 Å². The number of aryl methyl sites for hydroxylation is 1. The molecule has 1 radical (unpaired) electrons. The Balaban J connectivity index is 0.000000900. The van der Waals surface area contributed by atoms with Crippen LogP contribution >= 0.6 is 11.3 Å². The van der Waals surface area contributed by atoms with Crippen molar-refractivity contribution in [2.24, 2.45) is 11.1 Å². The third-order valence-electron chi connectivity index (χ3n) is 7.79. The fourth-order valence-electron chi connectivity index (χ4n) is 5.04. The van der Waals surface area contributed by atoms with Gasteiger partial charge in [-0.2, -0.15) is 0 Å². The number of hydrogen-bond acceptors (Lipinski definition) is 8. The molecule has 0 spiro atoms. The minimum absolute atomic E-state index is 0. The summed E-state index contributed by atoms with van der Waals surface area (Å²) in [4.78, 5) is 43.3. The van der Waals surface area contributed by atoms with E-state index in [1.54, 1.807) is 23.3 Å². The van der Waals surface area contributed by atoms with Crippen LogP contribution in [0.15, 0.2) is 23.7 Å². The Bertz CT molecular complexity index is 1250. The van der Waals surface area contributed by atoms with Crippen molar-refractivity contribution in [2.75, 3.05) is 33.4 Å². The fourth-order valence-corrected chi connectivity index (χ4v) is 5.84. The first kappa shape index (κ1) is 39.4. The van der Waals surface area contributed by atoms with Gasteiger partial charge in [-0.25, -0.2) is 9.37 Å². The fraction of sp³-hybridized carbons (Fsp3) is 0.625. The number of likely N-dealkylation sites (N-methyl/N-ethyl adjacent to an activating group) is 1. The maximum atomic E-state index is 13.3. The van der Waals surface area contributed by atoms with Crippen molar-refractivity contribution >= 4 is 29.4 Å². The van der Waals surface area contributed by atoms with Gasteiger partial charge in [0.05, 0.1) is 22.1 Å². The van der Waals surface area contributed by atoms with Gasteiger partial charge in [0, 0.05) is 58.1 Å². The van der Waals surface area contributed by atoms with Crippen molar-refractivity contribution in [3.05, 3.63) is 40.3 Å². The Morgan fingerprint density at radius 1 is 1.31 bits per heavy atom. The van der Waals surface area contributed by atoms with Gasteiger partial charge in [-0.3, -0.25) is 14.4 Å². The molecule has 10 nitrogen and oxygen atoms in total. The van der Waals surface area contributed by atoms with Crippen LogP contribution in [0.25, 0.3) is 15.8 Å². The van der Waals surface area contributed by atoms with Gasteiger partial charge < -0.3 is 31.3 Å². The average molecular weight is 721 g/mol. The predicted octanol–water partition coefficient (Wildman–Crippen LogP) is 4.49. The van der Waals surface area contributed by atoms with Crippen LogP contribution < -0.4 is 21.1 Å². The maximum Gasteiger partial charge on any atom is 0.243 e. The van der Waals surface area contributed by atoms with Crippen LogP contribution in [0.5, 0.6) is 5.75 Å². The normalized spacial score (nSPS) is 17.4. The summed E-state index contributed by atoms with van der Waals surface area (Å²) in [6, 6.07) is 5.17. The van der Waals surface area contributed by atoms with Gasteiger partial charge in [-0.05, 0) is 69.7 Å². The van der Waals surface area contributed by atoms with Crippen LogP contribution in [-0.2, 0) is 53.6 Å². The molecular formula is C32H48FN6O4SY-.